The number of rotatable bonds is 9. The molecule has 1 aromatic carbocycles. The summed E-state index contributed by atoms with van der Waals surface area (Å²) in [5, 5.41) is 7.36. The van der Waals surface area contributed by atoms with Crippen molar-refractivity contribution < 1.29 is 19.2 Å². The van der Waals surface area contributed by atoms with Crippen LogP contribution in [0.2, 0.25) is 0 Å². The van der Waals surface area contributed by atoms with Gasteiger partial charge >= 0.3 is 0 Å². The van der Waals surface area contributed by atoms with Crippen molar-refractivity contribution in [3.05, 3.63) is 35.9 Å². The lowest BCUT2D eigenvalue weighted by molar-refractivity contribution is -0.131. The summed E-state index contributed by atoms with van der Waals surface area (Å²) in [6.07, 6.45) is 0.345. The lowest BCUT2D eigenvalue weighted by Gasteiger charge is -2.16. The van der Waals surface area contributed by atoms with Gasteiger partial charge < -0.3 is 21.7 Å². The highest BCUT2D eigenvalue weighted by Crippen LogP contribution is 1.98. The number of nitrogens with two attached hydrogens (primary N) is 1. The first-order valence-electron chi connectivity index (χ1n) is 7.52. The maximum absolute atomic E-state index is 11.9. The summed E-state index contributed by atoms with van der Waals surface area (Å²) in [6.45, 7) is 1.41. The van der Waals surface area contributed by atoms with E-state index in [2.05, 4.69) is 16.0 Å². The minimum absolute atomic E-state index is 0.248. The van der Waals surface area contributed by atoms with Crippen LogP contribution in [0.25, 0.3) is 0 Å². The van der Waals surface area contributed by atoms with Crippen molar-refractivity contribution in [3.8, 4) is 0 Å². The Morgan fingerprint density at radius 1 is 1.08 bits per heavy atom. The van der Waals surface area contributed by atoms with Crippen LogP contribution in [-0.4, -0.2) is 42.8 Å². The number of nitrogens with one attached hydrogen (secondary N) is 3. The van der Waals surface area contributed by atoms with Gasteiger partial charge in [-0.05, 0) is 12.0 Å². The normalized spacial score (nSPS) is 11.2. The van der Waals surface area contributed by atoms with Crippen LogP contribution in [0.3, 0.4) is 0 Å². The zero-order valence-corrected chi connectivity index (χ0v) is 13.5. The fraction of sp³-hybridized carbons (Fsp3) is 0.375. The van der Waals surface area contributed by atoms with Gasteiger partial charge in [0.15, 0.2) is 0 Å². The summed E-state index contributed by atoms with van der Waals surface area (Å²) < 4.78 is 0. The van der Waals surface area contributed by atoms with Gasteiger partial charge in [-0.2, -0.15) is 0 Å². The molecule has 8 nitrogen and oxygen atoms in total. The molecule has 0 aromatic heterocycles. The molecule has 0 aliphatic rings. The topological polar surface area (TPSA) is 130 Å². The molecule has 0 radical (unpaired) electrons. The van der Waals surface area contributed by atoms with E-state index in [0.29, 0.717) is 13.0 Å². The Hall–Kier alpha value is -2.90. The monoisotopic (exact) mass is 334 g/mol. The molecule has 24 heavy (non-hydrogen) atoms. The molecule has 8 heteroatoms. The molecule has 0 saturated carbocycles. The molecule has 0 spiro atoms. The predicted octanol–water partition coefficient (Wildman–Crippen LogP) is -1.16. The van der Waals surface area contributed by atoms with E-state index in [1.54, 1.807) is 0 Å². The highest BCUT2D eigenvalue weighted by atomic mass is 16.2. The van der Waals surface area contributed by atoms with Gasteiger partial charge in [-0.3, -0.25) is 19.2 Å². The summed E-state index contributed by atoms with van der Waals surface area (Å²) in [5.41, 5.74) is 6.13. The van der Waals surface area contributed by atoms with Gasteiger partial charge in [-0.25, -0.2) is 0 Å². The summed E-state index contributed by atoms with van der Waals surface area (Å²) >= 11 is 0. The highest BCUT2D eigenvalue weighted by Gasteiger charge is 2.21. The summed E-state index contributed by atoms with van der Waals surface area (Å²) in [4.78, 5) is 45.6. The Bertz CT molecular complexity index is 573. The fourth-order valence-electron chi connectivity index (χ4n) is 2.00. The fourth-order valence-corrected chi connectivity index (χ4v) is 2.00. The minimum atomic E-state index is -1.09. The van der Waals surface area contributed by atoms with Crippen molar-refractivity contribution in [1.29, 1.82) is 0 Å². The van der Waals surface area contributed by atoms with Gasteiger partial charge in [0.2, 0.25) is 23.6 Å². The van der Waals surface area contributed by atoms with Gasteiger partial charge in [0.25, 0.3) is 0 Å². The summed E-state index contributed by atoms with van der Waals surface area (Å²) in [7, 11) is 0. The molecule has 0 saturated heterocycles. The standard InChI is InChI=1S/C16H22N4O4/c1-11(21)20-13(9-14(17)22)16(24)19-10-15(23)18-8-7-12-5-3-2-4-6-12/h2-6,13H,7-10H2,1H3,(H2,17,22)(H,18,23)(H,19,24)(H,20,21). The van der Waals surface area contributed by atoms with Gasteiger partial charge in [-0.1, -0.05) is 30.3 Å². The summed E-state index contributed by atoms with van der Waals surface area (Å²) in [6, 6.07) is 8.56. The average molecular weight is 334 g/mol. The summed E-state index contributed by atoms with van der Waals surface area (Å²) in [5.74, 6) is -2.19. The maximum Gasteiger partial charge on any atom is 0.243 e. The molecule has 1 rings (SSSR count). The number of primary amides is 1. The first-order chi connectivity index (χ1) is 11.4. The van der Waals surface area contributed by atoms with Crippen molar-refractivity contribution in [2.45, 2.75) is 25.8 Å². The molecule has 0 aliphatic heterocycles. The molecule has 0 fully saturated rings. The largest absolute Gasteiger partial charge is 0.370 e. The third-order valence-corrected chi connectivity index (χ3v) is 3.10. The first-order valence-corrected chi connectivity index (χ1v) is 7.52. The quantitative estimate of drug-likeness (QED) is 0.454. The van der Waals surface area contributed by atoms with Crippen LogP contribution in [0.5, 0.6) is 0 Å². The van der Waals surface area contributed by atoms with Crippen LogP contribution in [0, 0.1) is 0 Å². The highest BCUT2D eigenvalue weighted by molar-refractivity contribution is 5.93. The van der Waals surface area contributed by atoms with E-state index in [1.165, 1.54) is 6.92 Å². The van der Waals surface area contributed by atoms with E-state index in [0.717, 1.165) is 5.56 Å². The molecular weight excluding hydrogens is 312 g/mol. The Kier molecular flexibility index (Phi) is 7.97. The van der Waals surface area contributed by atoms with Gasteiger partial charge in [0, 0.05) is 13.5 Å². The van der Waals surface area contributed by atoms with E-state index < -0.39 is 23.8 Å². The van der Waals surface area contributed by atoms with Crippen LogP contribution in [0.15, 0.2) is 30.3 Å². The van der Waals surface area contributed by atoms with Crippen molar-refractivity contribution >= 4 is 23.6 Å². The number of carbonyl (C=O) groups excluding carboxylic acids is 4. The Morgan fingerprint density at radius 3 is 2.33 bits per heavy atom. The van der Waals surface area contributed by atoms with E-state index in [1.807, 2.05) is 30.3 Å². The van der Waals surface area contributed by atoms with Crippen molar-refractivity contribution in [2.75, 3.05) is 13.1 Å². The molecule has 1 atom stereocenters. The Balaban J connectivity index is 2.34. The molecule has 0 heterocycles. The minimum Gasteiger partial charge on any atom is -0.370 e. The molecule has 1 aromatic rings. The van der Waals surface area contributed by atoms with Crippen molar-refractivity contribution in [2.24, 2.45) is 5.73 Å². The third kappa shape index (κ3) is 7.92. The SMILES string of the molecule is CC(=O)NC(CC(N)=O)C(=O)NCC(=O)NCCc1ccccc1. The molecule has 5 N–H and O–H groups in total. The predicted molar refractivity (Wildman–Crippen MR) is 87.6 cm³/mol. The zero-order valence-electron chi connectivity index (χ0n) is 13.5. The van der Waals surface area contributed by atoms with Crippen LogP contribution >= 0.6 is 0 Å². The van der Waals surface area contributed by atoms with Crippen molar-refractivity contribution in [3.63, 3.8) is 0 Å². The van der Waals surface area contributed by atoms with Crippen LogP contribution < -0.4 is 21.7 Å². The van der Waals surface area contributed by atoms with Gasteiger partial charge in [-0.15, -0.1) is 0 Å². The molecule has 1 unspecified atom stereocenters. The molecule has 4 amide bonds. The maximum atomic E-state index is 11.9. The third-order valence-electron chi connectivity index (χ3n) is 3.10. The zero-order chi connectivity index (χ0) is 17.9. The second kappa shape index (κ2) is 9.98. The second-order valence-electron chi connectivity index (χ2n) is 5.23. The van der Waals surface area contributed by atoms with Crippen LogP contribution in [0.1, 0.15) is 18.9 Å². The van der Waals surface area contributed by atoms with E-state index in [9.17, 15) is 19.2 Å². The van der Waals surface area contributed by atoms with Gasteiger partial charge in [0.05, 0.1) is 13.0 Å². The number of carbonyl (C=O) groups is 4. The van der Waals surface area contributed by atoms with E-state index in [-0.39, 0.29) is 18.9 Å². The Morgan fingerprint density at radius 2 is 1.75 bits per heavy atom. The van der Waals surface area contributed by atoms with E-state index >= 15 is 0 Å². The number of amides is 4. The van der Waals surface area contributed by atoms with Crippen LogP contribution in [0.4, 0.5) is 0 Å². The lowest BCUT2D eigenvalue weighted by Crippen LogP contribution is -2.50. The van der Waals surface area contributed by atoms with E-state index in [4.69, 9.17) is 5.73 Å². The molecule has 0 aliphatic carbocycles. The van der Waals surface area contributed by atoms with Crippen molar-refractivity contribution in [1.82, 2.24) is 16.0 Å². The number of hydrogen-bond acceptors (Lipinski definition) is 4. The molecular formula is C16H22N4O4. The lowest BCUT2D eigenvalue weighted by atomic mass is 10.1. The average Bonchev–Trinajstić information content (AvgIpc) is 2.52. The smallest absolute Gasteiger partial charge is 0.243 e. The van der Waals surface area contributed by atoms with Gasteiger partial charge in [0.1, 0.15) is 6.04 Å². The molecule has 0 bridgehead atoms. The first kappa shape index (κ1) is 19.1. The van der Waals surface area contributed by atoms with Crippen LogP contribution in [-0.2, 0) is 25.6 Å². The Labute approximate surface area is 140 Å². The number of benzene rings is 1. The molecule has 130 valence electrons. The number of hydrogen-bond donors (Lipinski definition) is 4. The second-order valence-corrected chi connectivity index (χ2v) is 5.23.